The molecule has 1 aliphatic heterocycles. The maximum absolute atomic E-state index is 8.95. The molecule has 4 nitrogen and oxygen atoms in total. The van der Waals surface area contributed by atoms with Gasteiger partial charge in [-0.3, -0.25) is 4.90 Å². The van der Waals surface area contributed by atoms with E-state index >= 15 is 0 Å². The molecule has 17 heavy (non-hydrogen) atoms. The highest BCUT2D eigenvalue weighted by atomic mass is 16.5. The van der Waals surface area contributed by atoms with Crippen LogP contribution >= 0.6 is 0 Å². The average Bonchev–Trinajstić information content (AvgIpc) is 2.34. The predicted molar refractivity (Wildman–Crippen MR) is 68.5 cm³/mol. The molecular weight excluding hydrogens is 214 g/mol. The summed E-state index contributed by atoms with van der Waals surface area (Å²) >= 11 is 0. The number of nitrogens with zero attached hydrogens (tertiary/aromatic N) is 3. The van der Waals surface area contributed by atoms with Gasteiger partial charge in [0.15, 0.2) is 0 Å². The molecule has 0 bridgehead atoms. The van der Waals surface area contributed by atoms with Crippen molar-refractivity contribution in [2.45, 2.75) is 19.3 Å². The molecule has 0 saturated carbocycles. The molecule has 0 unspecified atom stereocenters. The second kappa shape index (κ2) is 8.10. The van der Waals surface area contributed by atoms with Crippen LogP contribution in [-0.2, 0) is 4.74 Å². The molecule has 0 aromatic rings. The van der Waals surface area contributed by atoms with Gasteiger partial charge in [-0.1, -0.05) is 0 Å². The van der Waals surface area contributed by atoms with Gasteiger partial charge >= 0.3 is 0 Å². The lowest BCUT2D eigenvalue weighted by Crippen LogP contribution is -2.36. The van der Waals surface area contributed by atoms with Gasteiger partial charge in [0.05, 0.1) is 19.3 Å². The Hall–Kier alpha value is -1.05. The van der Waals surface area contributed by atoms with Crippen molar-refractivity contribution in [3.63, 3.8) is 0 Å². The molecule has 0 amide bonds. The summed E-state index contributed by atoms with van der Waals surface area (Å²) in [5.74, 6) is 0. The Morgan fingerprint density at radius 2 is 2.06 bits per heavy atom. The van der Waals surface area contributed by atoms with E-state index in [-0.39, 0.29) is 0 Å². The largest absolute Gasteiger partial charge is 0.383 e. The molecule has 1 rings (SSSR count). The van der Waals surface area contributed by atoms with Crippen LogP contribution < -0.4 is 0 Å². The molecule has 4 heteroatoms. The minimum atomic E-state index is 0.865. The summed E-state index contributed by atoms with van der Waals surface area (Å²) in [6.07, 6.45) is 5.05. The summed E-state index contributed by atoms with van der Waals surface area (Å²) in [6.45, 7) is 4.97. The first-order valence-corrected chi connectivity index (χ1v) is 6.29. The van der Waals surface area contributed by atoms with E-state index in [0.717, 1.165) is 57.7 Å². The number of morpholine rings is 1. The van der Waals surface area contributed by atoms with E-state index in [0.29, 0.717) is 0 Å². The summed E-state index contributed by atoms with van der Waals surface area (Å²) in [6, 6.07) is 2.26. The van der Waals surface area contributed by atoms with E-state index in [9.17, 15) is 0 Å². The van der Waals surface area contributed by atoms with Crippen LogP contribution in [0.1, 0.15) is 19.3 Å². The summed E-state index contributed by atoms with van der Waals surface area (Å²) in [7, 11) is 3.90. The van der Waals surface area contributed by atoms with Gasteiger partial charge in [-0.15, -0.1) is 0 Å². The van der Waals surface area contributed by atoms with Gasteiger partial charge in [-0.2, -0.15) is 5.26 Å². The maximum Gasteiger partial charge on any atom is 0.0962 e. The minimum Gasteiger partial charge on any atom is -0.383 e. The summed E-state index contributed by atoms with van der Waals surface area (Å²) in [4.78, 5) is 4.37. The monoisotopic (exact) mass is 237 g/mol. The van der Waals surface area contributed by atoms with E-state index in [4.69, 9.17) is 10.00 Å². The van der Waals surface area contributed by atoms with Gasteiger partial charge in [0.2, 0.25) is 0 Å². The standard InChI is InChI=1S/C13H23N3O/c1-15(2)12-13(11-14)5-3-4-6-16-7-9-17-10-8-16/h12H,3-10H2,1-2H3/b13-12-. The molecule has 0 aliphatic carbocycles. The van der Waals surface area contributed by atoms with Gasteiger partial charge in [0, 0.05) is 39.0 Å². The van der Waals surface area contributed by atoms with Gasteiger partial charge < -0.3 is 9.64 Å². The van der Waals surface area contributed by atoms with Crippen molar-refractivity contribution in [2.24, 2.45) is 0 Å². The molecule has 0 N–H and O–H groups in total. The Balaban J connectivity index is 2.12. The Bertz CT molecular complexity index is 275. The molecule has 0 spiro atoms. The third-order valence-corrected chi connectivity index (χ3v) is 2.83. The van der Waals surface area contributed by atoms with E-state index in [1.165, 1.54) is 0 Å². The van der Waals surface area contributed by atoms with Crippen LogP contribution in [0.5, 0.6) is 0 Å². The molecule has 0 radical (unpaired) electrons. The summed E-state index contributed by atoms with van der Waals surface area (Å²) in [5.41, 5.74) is 0.872. The lowest BCUT2D eigenvalue weighted by molar-refractivity contribution is 0.0372. The zero-order valence-corrected chi connectivity index (χ0v) is 11.0. The van der Waals surface area contributed by atoms with Crippen LogP contribution in [0.2, 0.25) is 0 Å². The topological polar surface area (TPSA) is 39.5 Å². The molecule has 1 aliphatic rings. The summed E-state index contributed by atoms with van der Waals surface area (Å²) in [5, 5.41) is 8.95. The Morgan fingerprint density at radius 3 is 2.65 bits per heavy atom. The van der Waals surface area contributed by atoms with Crippen molar-refractivity contribution in [1.82, 2.24) is 9.80 Å². The maximum atomic E-state index is 8.95. The van der Waals surface area contributed by atoms with Gasteiger partial charge in [-0.25, -0.2) is 0 Å². The molecule has 0 aromatic carbocycles. The highest BCUT2D eigenvalue weighted by Crippen LogP contribution is 2.08. The quantitative estimate of drug-likeness (QED) is 0.518. The van der Waals surface area contributed by atoms with Crippen molar-refractivity contribution in [3.8, 4) is 6.07 Å². The van der Waals surface area contributed by atoms with Crippen LogP contribution in [0.4, 0.5) is 0 Å². The average molecular weight is 237 g/mol. The minimum absolute atomic E-state index is 0.865. The number of nitriles is 1. The zero-order chi connectivity index (χ0) is 12.5. The normalized spacial score (nSPS) is 17.8. The first kappa shape index (κ1) is 14.0. The fraction of sp³-hybridized carbons (Fsp3) is 0.769. The fourth-order valence-electron chi connectivity index (χ4n) is 1.94. The third kappa shape index (κ3) is 6.30. The Kier molecular flexibility index (Phi) is 6.68. The smallest absolute Gasteiger partial charge is 0.0962 e. The van der Waals surface area contributed by atoms with Crippen LogP contribution in [-0.4, -0.2) is 56.7 Å². The van der Waals surface area contributed by atoms with Crippen molar-refractivity contribution in [2.75, 3.05) is 46.9 Å². The number of unbranched alkanes of at least 4 members (excludes halogenated alkanes) is 1. The van der Waals surface area contributed by atoms with Gasteiger partial charge in [-0.05, 0) is 25.8 Å². The van der Waals surface area contributed by atoms with E-state index in [1.807, 2.05) is 25.2 Å². The first-order valence-electron chi connectivity index (χ1n) is 6.29. The summed E-state index contributed by atoms with van der Waals surface area (Å²) < 4.78 is 5.31. The van der Waals surface area contributed by atoms with E-state index < -0.39 is 0 Å². The van der Waals surface area contributed by atoms with Gasteiger partial charge in [0.25, 0.3) is 0 Å². The molecule has 0 atom stereocenters. The number of hydrogen-bond acceptors (Lipinski definition) is 4. The van der Waals surface area contributed by atoms with Gasteiger partial charge in [0.1, 0.15) is 0 Å². The predicted octanol–water partition coefficient (Wildman–Crippen LogP) is 1.46. The van der Waals surface area contributed by atoms with Crippen LogP contribution in [0.3, 0.4) is 0 Å². The number of allylic oxidation sites excluding steroid dienone is 1. The second-order valence-electron chi connectivity index (χ2n) is 4.64. The first-order chi connectivity index (χ1) is 8.22. The molecule has 1 heterocycles. The van der Waals surface area contributed by atoms with Crippen molar-refractivity contribution in [1.29, 1.82) is 5.26 Å². The number of hydrogen-bond donors (Lipinski definition) is 0. The molecular formula is C13H23N3O. The third-order valence-electron chi connectivity index (χ3n) is 2.83. The van der Waals surface area contributed by atoms with E-state index in [2.05, 4.69) is 11.0 Å². The highest BCUT2D eigenvalue weighted by molar-refractivity contribution is 5.19. The van der Waals surface area contributed by atoms with Crippen LogP contribution in [0.15, 0.2) is 11.8 Å². The van der Waals surface area contributed by atoms with Crippen LogP contribution in [0.25, 0.3) is 0 Å². The fourth-order valence-corrected chi connectivity index (χ4v) is 1.94. The lowest BCUT2D eigenvalue weighted by atomic mass is 10.1. The number of rotatable bonds is 6. The van der Waals surface area contributed by atoms with E-state index in [1.54, 1.807) is 0 Å². The lowest BCUT2D eigenvalue weighted by Gasteiger charge is -2.26. The Labute approximate surface area is 104 Å². The molecule has 96 valence electrons. The Morgan fingerprint density at radius 1 is 1.35 bits per heavy atom. The molecule has 1 saturated heterocycles. The number of ether oxygens (including phenoxy) is 1. The zero-order valence-electron chi connectivity index (χ0n) is 11.0. The second-order valence-corrected chi connectivity index (χ2v) is 4.64. The van der Waals surface area contributed by atoms with Crippen LogP contribution in [0, 0.1) is 11.3 Å². The van der Waals surface area contributed by atoms with Crippen molar-refractivity contribution < 1.29 is 4.74 Å². The SMILES string of the molecule is CN(C)/C=C(\C#N)CCCCN1CCOCC1. The molecule has 0 aromatic heterocycles. The highest BCUT2D eigenvalue weighted by Gasteiger charge is 2.09. The van der Waals surface area contributed by atoms with Crippen molar-refractivity contribution in [3.05, 3.63) is 11.8 Å². The molecule has 1 fully saturated rings. The van der Waals surface area contributed by atoms with Crippen molar-refractivity contribution >= 4 is 0 Å².